The molecular weight excluding hydrogens is 284 g/mol. The molecule has 1 aromatic rings. The second-order valence-corrected chi connectivity index (χ2v) is 6.09. The first-order valence-corrected chi connectivity index (χ1v) is 7.88. The summed E-state index contributed by atoms with van der Waals surface area (Å²) in [6.07, 6.45) is 2.14. The fraction of sp³-hybridized carbons (Fsp3) is 0.500. The summed E-state index contributed by atoms with van der Waals surface area (Å²) in [6.45, 7) is 4.54. The van der Waals surface area contributed by atoms with E-state index >= 15 is 0 Å². The molecule has 112 valence electrons. The van der Waals surface area contributed by atoms with Crippen LogP contribution in [0.4, 0.5) is 0 Å². The summed E-state index contributed by atoms with van der Waals surface area (Å²) >= 11 is 5.36. The lowest BCUT2D eigenvalue weighted by molar-refractivity contribution is 0.00362. The number of benzene rings is 1. The van der Waals surface area contributed by atoms with E-state index in [-0.39, 0.29) is 11.4 Å². The Morgan fingerprint density at radius 2 is 2.10 bits per heavy atom. The maximum Gasteiger partial charge on any atom is 0.170 e. The van der Waals surface area contributed by atoms with Crippen LogP contribution in [0.2, 0.25) is 0 Å². The number of ether oxygens (including phenoxy) is 1. The number of ketones is 1. The Balaban J connectivity index is 1.72. The molecule has 1 fully saturated rings. The number of carbonyl (C=O) groups is 1. The number of fused-ring (bicyclic) bond motifs is 1. The maximum absolute atomic E-state index is 12.3. The van der Waals surface area contributed by atoms with Crippen molar-refractivity contribution < 1.29 is 9.53 Å². The lowest BCUT2D eigenvalue weighted by atomic mass is 9.82. The van der Waals surface area contributed by atoms with Crippen molar-refractivity contribution in [2.45, 2.75) is 31.8 Å². The van der Waals surface area contributed by atoms with E-state index in [0.29, 0.717) is 12.0 Å². The highest BCUT2D eigenvalue weighted by Crippen LogP contribution is 2.39. The Kier molecular flexibility index (Phi) is 3.85. The van der Waals surface area contributed by atoms with Gasteiger partial charge >= 0.3 is 0 Å². The standard InChI is InChI=1S/C16H20N2O2S/c1-2-17-15(21)18-9-7-16(8-10-18)11-13(19)12-5-3-4-6-14(12)20-16/h3-6H,2,7-11H2,1H3,(H,17,21). The van der Waals surface area contributed by atoms with Gasteiger partial charge in [0.1, 0.15) is 11.4 Å². The van der Waals surface area contributed by atoms with Gasteiger partial charge in [-0.2, -0.15) is 0 Å². The third-order valence-electron chi connectivity index (χ3n) is 4.29. The molecule has 0 aliphatic carbocycles. The molecule has 0 bridgehead atoms. The van der Waals surface area contributed by atoms with Gasteiger partial charge < -0.3 is 15.0 Å². The molecule has 0 unspecified atom stereocenters. The lowest BCUT2D eigenvalue weighted by Crippen LogP contribution is -2.53. The number of carbonyl (C=O) groups excluding carboxylic acids is 1. The molecule has 3 rings (SSSR count). The topological polar surface area (TPSA) is 41.6 Å². The summed E-state index contributed by atoms with van der Waals surface area (Å²) in [5, 5.41) is 3.98. The zero-order valence-electron chi connectivity index (χ0n) is 12.2. The molecular formula is C16H20N2O2S. The fourth-order valence-electron chi connectivity index (χ4n) is 3.10. The molecule has 1 spiro atoms. The van der Waals surface area contributed by atoms with Crippen molar-refractivity contribution in [2.24, 2.45) is 0 Å². The molecule has 21 heavy (non-hydrogen) atoms. The van der Waals surface area contributed by atoms with E-state index in [4.69, 9.17) is 17.0 Å². The van der Waals surface area contributed by atoms with Crippen molar-refractivity contribution in [2.75, 3.05) is 19.6 Å². The number of piperidine rings is 1. The van der Waals surface area contributed by atoms with E-state index in [9.17, 15) is 4.79 Å². The van der Waals surface area contributed by atoms with Crippen molar-refractivity contribution in [3.05, 3.63) is 29.8 Å². The highest BCUT2D eigenvalue weighted by molar-refractivity contribution is 7.80. The van der Waals surface area contributed by atoms with Crippen LogP contribution >= 0.6 is 12.2 Å². The summed E-state index contributed by atoms with van der Waals surface area (Å²) in [7, 11) is 0. The third-order valence-corrected chi connectivity index (χ3v) is 4.69. The highest BCUT2D eigenvalue weighted by atomic mass is 32.1. The number of thiocarbonyl (C=S) groups is 1. The largest absolute Gasteiger partial charge is 0.486 e. The number of Topliss-reactive ketones (excluding diaryl/α,β-unsaturated/α-hetero) is 1. The summed E-state index contributed by atoms with van der Waals surface area (Å²) in [5.41, 5.74) is 0.373. The Labute approximate surface area is 130 Å². The second kappa shape index (κ2) is 5.64. The number of para-hydroxylation sites is 1. The maximum atomic E-state index is 12.3. The molecule has 0 atom stereocenters. The van der Waals surface area contributed by atoms with Crippen molar-refractivity contribution in [3.63, 3.8) is 0 Å². The minimum atomic E-state index is -0.343. The van der Waals surface area contributed by atoms with Gasteiger partial charge in [-0.3, -0.25) is 4.79 Å². The lowest BCUT2D eigenvalue weighted by Gasteiger charge is -2.44. The van der Waals surface area contributed by atoms with Crippen molar-refractivity contribution in [1.82, 2.24) is 10.2 Å². The van der Waals surface area contributed by atoms with Gasteiger partial charge in [-0.05, 0) is 31.3 Å². The average molecular weight is 304 g/mol. The van der Waals surface area contributed by atoms with Crippen molar-refractivity contribution >= 4 is 23.1 Å². The van der Waals surface area contributed by atoms with E-state index in [2.05, 4.69) is 10.2 Å². The van der Waals surface area contributed by atoms with Crippen LogP contribution in [0.25, 0.3) is 0 Å². The monoisotopic (exact) mass is 304 g/mol. The quantitative estimate of drug-likeness (QED) is 0.807. The number of hydrogen-bond acceptors (Lipinski definition) is 3. The van der Waals surface area contributed by atoms with Crippen LogP contribution in [0, 0.1) is 0 Å². The molecule has 0 radical (unpaired) electrons. The van der Waals surface area contributed by atoms with Crippen LogP contribution in [-0.4, -0.2) is 41.0 Å². The number of nitrogens with one attached hydrogen (secondary N) is 1. The Bertz CT molecular complexity index is 565. The molecule has 2 aliphatic rings. The number of hydrogen-bond donors (Lipinski definition) is 1. The van der Waals surface area contributed by atoms with E-state index < -0.39 is 0 Å². The smallest absolute Gasteiger partial charge is 0.170 e. The number of nitrogens with zero attached hydrogens (tertiary/aromatic N) is 1. The van der Waals surface area contributed by atoms with Gasteiger partial charge in [0.05, 0.1) is 12.0 Å². The number of rotatable bonds is 1. The summed E-state index contributed by atoms with van der Waals surface area (Å²) in [5.74, 6) is 0.927. The van der Waals surface area contributed by atoms with Crippen molar-refractivity contribution in [3.8, 4) is 5.75 Å². The van der Waals surface area contributed by atoms with Gasteiger partial charge in [0, 0.05) is 32.5 Å². The summed E-state index contributed by atoms with van der Waals surface area (Å²) < 4.78 is 6.21. The van der Waals surface area contributed by atoms with Gasteiger partial charge in [-0.25, -0.2) is 0 Å². The van der Waals surface area contributed by atoms with Gasteiger partial charge in [0.2, 0.25) is 0 Å². The number of likely N-dealkylation sites (tertiary alicyclic amines) is 1. The normalized spacial score (nSPS) is 19.9. The molecule has 1 N–H and O–H groups in total. The molecule has 0 aromatic heterocycles. The zero-order valence-corrected chi connectivity index (χ0v) is 13.0. The first-order valence-electron chi connectivity index (χ1n) is 7.47. The Morgan fingerprint density at radius 1 is 1.38 bits per heavy atom. The van der Waals surface area contributed by atoms with Gasteiger partial charge in [-0.15, -0.1) is 0 Å². The van der Waals surface area contributed by atoms with Gasteiger partial charge in [0.15, 0.2) is 10.9 Å². The van der Waals surface area contributed by atoms with Crippen LogP contribution < -0.4 is 10.1 Å². The highest BCUT2D eigenvalue weighted by Gasteiger charge is 2.43. The van der Waals surface area contributed by atoms with Crippen LogP contribution in [-0.2, 0) is 0 Å². The predicted molar refractivity (Wildman–Crippen MR) is 85.8 cm³/mol. The first kappa shape index (κ1) is 14.3. The average Bonchev–Trinajstić information content (AvgIpc) is 2.48. The third kappa shape index (κ3) is 2.75. The van der Waals surface area contributed by atoms with E-state index in [1.54, 1.807) is 0 Å². The SMILES string of the molecule is CCNC(=S)N1CCC2(CC1)CC(=O)c1ccccc1O2. The molecule has 0 amide bonds. The van der Waals surface area contributed by atoms with Crippen LogP contribution in [0.1, 0.15) is 36.5 Å². The second-order valence-electron chi connectivity index (χ2n) is 5.70. The molecule has 4 nitrogen and oxygen atoms in total. The first-order chi connectivity index (χ1) is 10.1. The minimum absolute atomic E-state index is 0.194. The van der Waals surface area contributed by atoms with E-state index in [1.165, 1.54) is 0 Å². The Hall–Kier alpha value is -1.62. The molecule has 1 saturated heterocycles. The molecule has 2 heterocycles. The molecule has 0 saturated carbocycles. The molecule has 2 aliphatic heterocycles. The van der Waals surface area contributed by atoms with Crippen molar-refractivity contribution in [1.29, 1.82) is 0 Å². The summed E-state index contributed by atoms with van der Waals surface area (Å²) in [6, 6.07) is 7.54. The fourth-order valence-corrected chi connectivity index (χ4v) is 3.43. The van der Waals surface area contributed by atoms with E-state index in [0.717, 1.165) is 43.3 Å². The zero-order chi connectivity index (χ0) is 14.9. The van der Waals surface area contributed by atoms with Gasteiger partial charge in [-0.1, -0.05) is 12.1 Å². The van der Waals surface area contributed by atoms with E-state index in [1.807, 2.05) is 31.2 Å². The summed E-state index contributed by atoms with van der Waals surface area (Å²) in [4.78, 5) is 14.5. The predicted octanol–water partition coefficient (Wildman–Crippen LogP) is 2.38. The van der Waals surface area contributed by atoms with Crippen LogP contribution in [0.5, 0.6) is 5.75 Å². The Morgan fingerprint density at radius 3 is 2.81 bits per heavy atom. The molecule has 5 heteroatoms. The van der Waals surface area contributed by atoms with Crippen LogP contribution in [0.15, 0.2) is 24.3 Å². The van der Waals surface area contributed by atoms with Gasteiger partial charge in [0.25, 0.3) is 0 Å². The molecule has 1 aromatic carbocycles. The minimum Gasteiger partial charge on any atom is -0.486 e. The van der Waals surface area contributed by atoms with Crippen LogP contribution in [0.3, 0.4) is 0 Å².